The van der Waals surface area contributed by atoms with Crippen LogP contribution in [-0.4, -0.2) is 41.1 Å². The molecule has 1 aromatic heterocycles. The Hall–Kier alpha value is -2.02. The lowest BCUT2D eigenvalue weighted by atomic mass is 10.2. The first-order chi connectivity index (χ1) is 10.4. The van der Waals surface area contributed by atoms with Crippen molar-refractivity contribution < 1.29 is 14.3 Å². The van der Waals surface area contributed by atoms with E-state index >= 15 is 0 Å². The zero-order valence-corrected chi connectivity index (χ0v) is 13.8. The summed E-state index contributed by atoms with van der Waals surface area (Å²) in [5.41, 5.74) is 1.11. The molecule has 0 saturated carbocycles. The van der Waals surface area contributed by atoms with Crippen LogP contribution in [0.25, 0.3) is 0 Å². The number of hydrogen-bond donors (Lipinski definition) is 0. The third-order valence-electron chi connectivity index (χ3n) is 3.47. The second-order valence-corrected chi connectivity index (χ2v) is 6.01. The molecule has 22 heavy (non-hydrogen) atoms. The van der Waals surface area contributed by atoms with Crippen molar-refractivity contribution in [2.24, 2.45) is 4.99 Å². The Labute approximate surface area is 133 Å². The molecule has 7 heteroatoms. The normalized spacial score (nSPS) is 18.4. The number of nitrogens with zero attached hydrogens (tertiary/aromatic N) is 3. The van der Waals surface area contributed by atoms with Crippen LogP contribution < -0.4 is 0 Å². The topological polar surface area (TPSA) is 71.9 Å². The van der Waals surface area contributed by atoms with Gasteiger partial charge in [0.1, 0.15) is 16.4 Å². The molecule has 1 aliphatic heterocycles. The van der Waals surface area contributed by atoms with Crippen molar-refractivity contribution in [1.82, 2.24) is 9.88 Å². The van der Waals surface area contributed by atoms with Gasteiger partial charge < -0.3 is 9.64 Å². The minimum atomic E-state index is -0.567. The number of ether oxygens (including phenoxy) is 1. The van der Waals surface area contributed by atoms with Crippen molar-refractivity contribution >= 4 is 28.9 Å². The number of esters is 1. The van der Waals surface area contributed by atoms with E-state index in [2.05, 4.69) is 21.3 Å². The summed E-state index contributed by atoms with van der Waals surface area (Å²) in [6, 6.07) is -0.0309. The molecule has 1 unspecified atom stereocenters. The monoisotopic (exact) mass is 321 g/mol. The second-order valence-electron chi connectivity index (χ2n) is 5.12. The van der Waals surface area contributed by atoms with E-state index in [9.17, 15) is 9.59 Å². The van der Waals surface area contributed by atoms with Crippen molar-refractivity contribution in [2.75, 3.05) is 13.7 Å². The Kier molecular flexibility index (Phi) is 5.07. The van der Waals surface area contributed by atoms with Crippen molar-refractivity contribution in [2.45, 2.75) is 32.7 Å². The predicted molar refractivity (Wildman–Crippen MR) is 84.8 cm³/mol. The number of methoxy groups -OCH3 is 1. The fourth-order valence-electron chi connectivity index (χ4n) is 2.40. The zero-order valence-electron chi connectivity index (χ0n) is 13.0. The highest BCUT2D eigenvalue weighted by molar-refractivity contribution is 7.09. The van der Waals surface area contributed by atoms with Gasteiger partial charge in [-0.1, -0.05) is 6.58 Å². The third-order valence-corrected chi connectivity index (χ3v) is 4.53. The fourth-order valence-corrected chi connectivity index (χ4v) is 3.34. The second kappa shape index (κ2) is 6.83. The maximum absolute atomic E-state index is 12.5. The van der Waals surface area contributed by atoms with Gasteiger partial charge in [0.05, 0.1) is 13.2 Å². The van der Waals surface area contributed by atoms with Gasteiger partial charge in [-0.2, -0.15) is 0 Å². The summed E-state index contributed by atoms with van der Waals surface area (Å²) in [5.74, 6) is -0.832. The molecule has 0 spiro atoms. The van der Waals surface area contributed by atoms with Gasteiger partial charge in [-0.15, -0.1) is 11.3 Å². The highest BCUT2D eigenvalue weighted by Gasteiger charge is 2.33. The molecule has 2 heterocycles. The molecular weight excluding hydrogens is 302 g/mol. The summed E-state index contributed by atoms with van der Waals surface area (Å²) in [6.07, 6.45) is 1.80. The molecule has 1 aromatic rings. The first-order valence-corrected chi connectivity index (χ1v) is 7.87. The van der Waals surface area contributed by atoms with Crippen LogP contribution in [0.15, 0.2) is 22.6 Å². The van der Waals surface area contributed by atoms with E-state index < -0.39 is 5.97 Å². The highest BCUT2D eigenvalue weighted by atomic mass is 32.1. The Morgan fingerprint density at radius 2 is 2.27 bits per heavy atom. The molecular formula is C15H19N3O3S. The molecule has 0 N–H and O–H groups in total. The largest absolute Gasteiger partial charge is 0.465 e. The van der Waals surface area contributed by atoms with Gasteiger partial charge in [0, 0.05) is 17.6 Å². The van der Waals surface area contributed by atoms with E-state index in [4.69, 9.17) is 0 Å². The van der Waals surface area contributed by atoms with Gasteiger partial charge in [-0.3, -0.25) is 4.79 Å². The molecule has 118 valence electrons. The van der Waals surface area contributed by atoms with Crippen LogP contribution in [0.1, 0.15) is 36.5 Å². The van der Waals surface area contributed by atoms with E-state index in [1.165, 1.54) is 14.0 Å². The van der Waals surface area contributed by atoms with Gasteiger partial charge in [0.2, 0.25) is 0 Å². The van der Waals surface area contributed by atoms with E-state index in [1.807, 2.05) is 12.3 Å². The molecule has 0 aliphatic carbocycles. The Balaban J connectivity index is 2.14. The van der Waals surface area contributed by atoms with Crippen molar-refractivity contribution in [1.29, 1.82) is 0 Å². The van der Waals surface area contributed by atoms with Gasteiger partial charge in [0.25, 0.3) is 5.91 Å². The number of carbonyl (C=O) groups excluding carboxylic acids is 2. The molecule has 1 fully saturated rings. The van der Waals surface area contributed by atoms with Crippen LogP contribution in [0.2, 0.25) is 0 Å². The standard InChI is InChI=1S/C15H19N3O3S/c1-9-8-22-13(16-9)12-6-5-7-18(12)14(19)10(2)17-11(3)15(20)21-4/h8,12H,2,5-7H2,1,3-4H3. The van der Waals surface area contributed by atoms with Gasteiger partial charge in [-0.05, 0) is 26.7 Å². The Morgan fingerprint density at radius 1 is 1.55 bits per heavy atom. The van der Waals surface area contributed by atoms with Crippen LogP contribution in [0.3, 0.4) is 0 Å². The summed E-state index contributed by atoms with van der Waals surface area (Å²) in [4.78, 5) is 34.0. The molecule has 1 atom stereocenters. The van der Waals surface area contributed by atoms with Crippen molar-refractivity contribution in [3.05, 3.63) is 28.4 Å². The summed E-state index contributed by atoms with van der Waals surface area (Å²) in [5, 5.41) is 2.91. The van der Waals surface area contributed by atoms with Crippen LogP contribution in [0.5, 0.6) is 0 Å². The maximum Gasteiger partial charge on any atom is 0.352 e. The summed E-state index contributed by atoms with van der Waals surface area (Å²) in [7, 11) is 1.27. The fraction of sp³-hybridized carbons (Fsp3) is 0.467. The number of carbonyl (C=O) groups is 2. The smallest absolute Gasteiger partial charge is 0.352 e. The Bertz CT molecular complexity index is 636. The third kappa shape index (κ3) is 3.41. The number of aromatic nitrogens is 1. The lowest BCUT2D eigenvalue weighted by Crippen LogP contribution is -2.31. The SMILES string of the molecule is C=C(N=C(C)C(=O)OC)C(=O)N1CCCC1c1nc(C)cs1. The first-order valence-electron chi connectivity index (χ1n) is 6.99. The first kappa shape index (κ1) is 16.4. The number of thiazole rings is 1. The van der Waals surface area contributed by atoms with E-state index in [0.717, 1.165) is 23.5 Å². The van der Waals surface area contributed by atoms with E-state index in [1.54, 1.807) is 16.2 Å². The molecule has 0 radical (unpaired) electrons. The van der Waals surface area contributed by atoms with Gasteiger partial charge >= 0.3 is 5.97 Å². The van der Waals surface area contributed by atoms with Crippen LogP contribution in [-0.2, 0) is 14.3 Å². The van der Waals surface area contributed by atoms with Crippen LogP contribution >= 0.6 is 11.3 Å². The molecule has 0 aromatic carbocycles. The molecule has 1 amide bonds. The number of amides is 1. The highest BCUT2D eigenvalue weighted by Crippen LogP contribution is 2.34. The maximum atomic E-state index is 12.5. The summed E-state index contributed by atoms with van der Waals surface area (Å²) in [6.45, 7) is 7.76. The van der Waals surface area contributed by atoms with Crippen LogP contribution in [0, 0.1) is 6.92 Å². The zero-order chi connectivity index (χ0) is 16.3. The molecule has 2 rings (SSSR count). The average molecular weight is 321 g/mol. The lowest BCUT2D eigenvalue weighted by molar-refractivity contribution is -0.132. The summed E-state index contributed by atoms with van der Waals surface area (Å²) < 4.78 is 4.57. The number of rotatable bonds is 4. The van der Waals surface area contributed by atoms with Crippen molar-refractivity contribution in [3.63, 3.8) is 0 Å². The molecule has 0 bridgehead atoms. The molecule has 1 saturated heterocycles. The molecule has 6 nitrogen and oxygen atoms in total. The van der Waals surface area contributed by atoms with Gasteiger partial charge in [-0.25, -0.2) is 14.8 Å². The minimum Gasteiger partial charge on any atom is -0.465 e. The van der Waals surface area contributed by atoms with E-state index in [-0.39, 0.29) is 23.4 Å². The number of likely N-dealkylation sites (tertiary alicyclic amines) is 1. The van der Waals surface area contributed by atoms with E-state index in [0.29, 0.717) is 6.54 Å². The Morgan fingerprint density at radius 3 is 2.86 bits per heavy atom. The lowest BCUT2D eigenvalue weighted by Gasteiger charge is -2.23. The van der Waals surface area contributed by atoms with Crippen LogP contribution in [0.4, 0.5) is 0 Å². The minimum absolute atomic E-state index is 0.0309. The number of aryl methyl sites for hydroxylation is 1. The average Bonchev–Trinajstić information content (AvgIpc) is 3.13. The molecule has 1 aliphatic rings. The van der Waals surface area contributed by atoms with Gasteiger partial charge in [0.15, 0.2) is 0 Å². The number of aliphatic imine (C=N–C) groups is 1. The number of hydrogen-bond acceptors (Lipinski definition) is 6. The summed E-state index contributed by atoms with van der Waals surface area (Å²) >= 11 is 1.56. The predicted octanol–water partition coefficient (Wildman–Crippen LogP) is 2.26. The quantitative estimate of drug-likeness (QED) is 0.484. The van der Waals surface area contributed by atoms with Crippen molar-refractivity contribution in [3.8, 4) is 0 Å².